The minimum Gasteiger partial charge on any atom is -0.339 e. The number of aromatic nitrogens is 6. The third-order valence-electron chi connectivity index (χ3n) is 8.37. The van der Waals surface area contributed by atoms with Crippen molar-refractivity contribution in [3.8, 4) is 0 Å². The molecular weight excluding hydrogens is 584 g/mol. The molecule has 0 unspecified atom stereocenters. The molecule has 0 radical (unpaired) electrons. The second-order valence-corrected chi connectivity index (χ2v) is 11.6. The summed E-state index contributed by atoms with van der Waals surface area (Å²) in [5, 5.41) is 12.3. The first-order valence-electron chi connectivity index (χ1n) is 15.6. The summed E-state index contributed by atoms with van der Waals surface area (Å²) in [6.45, 7) is 4.21. The summed E-state index contributed by atoms with van der Waals surface area (Å²) in [7, 11) is 0. The van der Waals surface area contributed by atoms with Gasteiger partial charge in [-0.1, -0.05) is 66.7 Å². The number of fused-ring (bicyclic) bond motifs is 4. The monoisotopic (exact) mass is 616 g/mol. The van der Waals surface area contributed by atoms with E-state index in [2.05, 4.69) is 99.3 Å². The van der Waals surface area contributed by atoms with Gasteiger partial charge in [-0.3, -0.25) is 14.9 Å². The molecule has 3 N–H and O–H groups in total. The lowest BCUT2D eigenvalue weighted by Gasteiger charge is -2.14. The van der Waals surface area contributed by atoms with Gasteiger partial charge < -0.3 is 16.0 Å². The summed E-state index contributed by atoms with van der Waals surface area (Å²) in [6.07, 6.45) is 6.93. The standard InChI is InChI=1S/C22H19N5.C15H13N5/c1-2-6-16(7-3-1)12-27-13-19-21(14-27)24-15-25-22(19)26-18-10-17-8-4-5-9-20(17)23-11-18;1-2-4-13-10(3-1)5-11(6-17-13)20-15-12-7-16-8-14(12)18-9-19-15/h1-11,15H,12-14H2,(H,24,25,26);1-6,9,16H,7-8H2,(H,18,19,20). The van der Waals surface area contributed by atoms with Crippen LogP contribution in [0.15, 0.2) is 116 Å². The number of pyridine rings is 2. The first-order chi connectivity index (χ1) is 23.2. The van der Waals surface area contributed by atoms with Gasteiger partial charge in [0.15, 0.2) is 0 Å². The van der Waals surface area contributed by atoms with E-state index in [9.17, 15) is 0 Å². The number of benzene rings is 3. The average Bonchev–Trinajstić information content (AvgIpc) is 3.77. The van der Waals surface area contributed by atoms with Crippen LogP contribution in [0.3, 0.4) is 0 Å². The Morgan fingerprint density at radius 3 is 1.85 bits per heavy atom. The second kappa shape index (κ2) is 12.9. The van der Waals surface area contributed by atoms with Crippen molar-refractivity contribution in [2.75, 3.05) is 10.6 Å². The van der Waals surface area contributed by atoms with Gasteiger partial charge >= 0.3 is 0 Å². The molecule has 230 valence electrons. The predicted octanol–water partition coefficient (Wildman–Crippen LogP) is 6.66. The summed E-state index contributed by atoms with van der Waals surface area (Å²) in [5.41, 5.74) is 9.65. The molecule has 4 aromatic heterocycles. The molecule has 3 aromatic carbocycles. The van der Waals surface area contributed by atoms with Crippen LogP contribution in [0, 0.1) is 0 Å². The van der Waals surface area contributed by atoms with Crippen LogP contribution < -0.4 is 16.0 Å². The third kappa shape index (κ3) is 6.32. The van der Waals surface area contributed by atoms with Gasteiger partial charge in [-0.05, 0) is 29.8 Å². The van der Waals surface area contributed by atoms with Crippen molar-refractivity contribution in [3.63, 3.8) is 0 Å². The lowest BCUT2D eigenvalue weighted by Crippen LogP contribution is -2.15. The van der Waals surface area contributed by atoms with Crippen molar-refractivity contribution in [3.05, 3.63) is 144 Å². The van der Waals surface area contributed by atoms with Crippen LogP contribution in [-0.4, -0.2) is 34.8 Å². The smallest absolute Gasteiger partial charge is 0.138 e. The number of nitrogens with one attached hydrogen (secondary N) is 3. The SMILES string of the molecule is c1ccc(CN2Cc3ncnc(Nc4cnc5ccccc5c4)c3C2)cc1.c1ccc2ncc(Nc3ncnc4c3CNC4)cc2c1. The summed E-state index contributed by atoms with van der Waals surface area (Å²) in [4.78, 5) is 29.0. The van der Waals surface area contributed by atoms with Crippen LogP contribution >= 0.6 is 0 Å². The molecule has 10 heteroatoms. The Hall–Kier alpha value is -5.84. The molecule has 2 aliphatic rings. The van der Waals surface area contributed by atoms with E-state index in [1.54, 1.807) is 12.7 Å². The number of rotatable bonds is 6. The molecule has 7 aromatic rings. The maximum atomic E-state index is 4.53. The fourth-order valence-corrected chi connectivity index (χ4v) is 6.06. The molecule has 2 aliphatic heterocycles. The Bertz CT molecular complexity index is 2190. The highest BCUT2D eigenvalue weighted by Gasteiger charge is 2.24. The van der Waals surface area contributed by atoms with E-state index in [1.807, 2.05) is 54.9 Å². The maximum Gasteiger partial charge on any atom is 0.138 e. The Kier molecular flexibility index (Phi) is 7.84. The number of hydrogen-bond acceptors (Lipinski definition) is 10. The van der Waals surface area contributed by atoms with Gasteiger partial charge in [-0.2, -0.15) is 0 Å². The second-order valence-electron chi connectivity index (χ2n) is 11.6. The third-order valence-corrected chi connectivity index (χ3v) is 8.37. The number of nitrogens with zero attached hydrogens (tertiary/aromatic N) is 7. The molecule has 0 amide bonds. The highest BCUT2D eigenvalue weighted by molar-refractivity contribution is 5.83. The van der Waals surface area contributed by atoms with Crippen LogP contribution in [0.1, 0.15) is 28.1 Å². The van der Waals surface area contributed by atoms with E-state index in [-0.39, 0.29) is 0 Å². The molecule has 0 atom stereocenters. The van der Waals surface area contributed by atoms with Gasteiger partial charge in [-0.15, -0.1) is 0 Å². The zero-order chi connectivity index (χ0) is 31.4. The quantitative estimate of drug-likeness (QED) is 0.187. The zero-order valence-electron chi connectivity index (χ0n) is 25.6. The summed E-state index contributed by atoms with van der Waals surface area (Å²) >= 11 is 0. The maximum absolute atomic E-state index is 4.53. The first kappa shape index (κ1) is 28.6. The largest absolute Gasteiger partial charge is 0.339 e. The van der Waals surface area contributed by atoms with Gasteiger partial charge in [0.2, 0.25) is 0 Å². The number of hydrogen-bond donors (Lipinski definition) is 3. The topological polar surface area (TPSA) is 117 Å². The van der Waals surface area contributed by atoms with E-state index in [1.165, 1.54) is 11.1 Å². The minimum atomic E-state index is 0.805. The van der Waals surface area contributed by atoms with Crippen molar-refractivity contribution >= 4 is 44.8 Å². The van der Waals surface area contributed by atoms with Gasteiger partial charge in [-0.25, -0.2) is 19.9 Å². The summed E-state index contributed by atoms with van der Waals surface area (Å²) in [5.74, 6) is 1.73. The molecule has 10 nitrogen and oxygen atoms in total. The Morgan fingerprint density at radius 2 is 1.17 bits per heavy atom. The van der Waals surface area contributed by atoms with E-state index in [0.29, 0.717) is 0 Å². The van der Waals surface area contributed by atoms with Crippen LogP contribution in [0.2, 0.25) is 0 Å². The van der Waals surface area contributed by atoms with Crippen molar-refractivity contribution < 1.29 is 0 Å². The van der Waals surface area contributed by atoms with Crippen LogP contribution in [0.25, 0.3) is 21.8 Å². The normalized spacial score (nSPS) is 13.5. The molecule has 0 aliphatic carbocycles. The minimum absolute atomic E-state index is 0.805. The van der Waals surface area contributed by atoms with Gasteiger partial charge in [0.25, 0.3) is 0 Å². The zero-order valence-corrected chi connectivity index (χ0v) is 25.6. The van der Waals surface area contributed by atoms with E-state index in [0.717, 1.165) is 94.5 Å². The van der Waals surface area contributed by atoms with Crippen molar-refractivity contribution in [1.29, 1.82) is 0 Å². The lowest BCUT2D eigenvalue weighted by atomic mass is 10.2. The van der Waals surface area contributed by atoms with Gasteiger partial charge in [0.1, 0.15) is 24.3 Å². The molecule has 9 rings (SSSR count). The van der Waals surface area contributed by atoms with E-state index in [4.69, 9.17) is 0 Å². The molecule has 6 heterocycles. The Balaban J connectivity index is 0.000000144. The van der Waals surface area contributed by atoms with Gasteiger partial charge in [0.05, 0.1) is 46.2 Å². The predicted molar refractivity (Wildman–Crippen MR) is 184 cm³/mol. The number of para-hydroxylation sites is 2. The molecule has 0 saturated carbocycles. The van der Waals surface area contributed by atoms with Crippen molar-refractivity contribution in [2.24, 2.45) is 0 Å². The molecule has 0 saturated heterocycles. The molecular formula is C37H32N10. The van der Waals surface area contributed by atoms with Crippen molar-refractivity contribution in [2.45, 2.75) is 32.7 Å². The fraction of sp³-hybridized carbons (Fsp3) is 0.135. The van der Waals surface area contributed by atoms with E-state index >= 15 is 0 Å². The highest BCUT2D eigenvalue weighted by Crippen LogP contribution is 2.30. The lowest BCUT2D eigenvalue weighted by molar-refractivity contribution is 0.274. The fourth-order valence-electron chi connectivity index (χ4n) is 6.06. The molecule has 0 spiro atoms. The van der Waals surface area contributed by atoms with E-state index < -0.39 is 0 Å². The van der Waals surface area contributed by atoms with Crippen molar-refractivity contribution in [1.82, 2.24) is 40.1 Å². The average molecular weight is 617 g/mol. The first-order valence-corrected chi connectivity index (χ1v) is 15.6. The molecule has 0 bridgehead atoms. The number of anilines is 4. The molecule has 47 heavy (non-hydrogen) atoms. The Labute approximate surface area is 272 Å². The highest BCUT2D eigenvalue weighted by atomic mass is 15.2. The van der Waals surface area contributed by atoms with Gasteiger partial charge in [0, 0.05) is 54.6 Å². The summed E-state index contributed by atoms with van der Waals surface area (Å²) in [6, 6.07) is 30.9. The Morgan fingerprint density at radius 1 is 0.574 bits per heavy atom. The van der Waals surface area contributed by atoms with Crippen LogP contribution in [0.4, 0.5) is 23.0 Å². The van der Waals surface area contributed by atoms with Crippen LogP contribution in [-0.2, 0) is 32.7 Å². The summed E-state index contributed by atoms with van der Waals surface area (Å²) < 4.78 is 0. The van der Waals surface area contributed by atoms with Crippen LogP contribution in [0.5, 0.6) is 0 Å². The molecule has 0 fully saturated rings.